The SMILES string of the molecule is N#C[C@H]1CN(Cc2ccccc2)CCCO1. The minimum atomic E-state index is -0.272. The minimum Gasteiger partial charge on any atom is -0.362 e. The molecule has 3 nitrogen and oxygen atoms in total. The summed E-state index contributed by atoms with van der Waals surface area (Å²) in [5.41, 5.74) is 1.29. The van der Waals surface area contributed by atoms with E-state index in [2.05, 4.69) is 23.1 Å². The van der Waals surface area contributed by atoms with Crippen LogP contribution in [0.4, 0.5) is 0 Å². The molecule has 1 aromatic rings. The number of nitriles is 1. The fourth-order valence-corrected chi connectivity index (χ4v) is 1.96. The zero-order chi connectivity index (χ0) is 11.2. The van der Waals surface area contributed by atoms with Gasteiger partial charge < -0.3 is 4.74 Å². The van der Waals surface area contributed by atoms with Gasteiger partial charge in [0, 0.05) is 26.2 Å². The van der Waals surface area contributed by atoms with Crippen molar-refractivity contribution in [2.45, 2.75) is 19.1 Å². The highest BCUT2D eigenvalue weighted by atomic mass is 16.5. The largest absolute Gasteiger partial charge is 0.362 e. The summed E-state index contributed by atoms with van der Waals surface area (Å²) < 4.78 is 5.42. The Morgan fingerprint density at radius 3 is 2.94 bits per heavy atom. The van der Waals surface area contributed by atoms with Crippen LogP contribution in [0.3, 0.4) is 0 Å². The Labute approximate surface area is 96.2 Å². The molecule has 1 saturated heterocycles. The highest BCUT2D eigenvalue weighted by molar-refractivity contribution is 5.14. The van der Waals surface area contributed by atoms with Crippen LogP contribution in [0.25, 0.3) is 0 Å². The van der Waals surface area contributed by atoms with Gasteiger partial charge in [-0.2, -0.15) is 5.26 Å². The molecule has 0 amide bonds. The number of hydrogen-bond donors (Lipinski definition) is 0. The van der Waals surface area contributed by atoms with Crippen LogP contribution in [0.2, 0.25) is 0 Å². The monoisotopic (exact) mass is 216 g/mol. The maximum Gasteiger partial charge on any atom is 0.156 e. The second kappa shape index (κ2) is 5.64. The van der Waals surface area contributed by atoms with E-state index < -0.39 is 0 Å². The summed E-state index contributed by atoms with van der Waals surface area (Å²) in [6, 6.07) is 12.5. The Balaban J connectivity index is 1.96. The molecule has 2 rings (SSSR count). The summed E-state index contributed by atoms with van der Waals surface area (Å²) >= 11 is 0. The Morgan fingerprint density at radius 1 is 1.38 bits per heavy atom. The van der Waals surface area contributed by atoms with Crippen LogP contribution < -0.4 is 0 Å². The number of benzene rings is 1. The Bertz CT molecular complexity index is 358. The van der Waals surface area contributed by atoms with Gasteiger partial charge in [0.15, 0.2) is 6.10 Å². The van der Waals surface area contributed by atoms with E-state index in [-0.39, 0.29) is 6.10 Å². The molecule has 0 unspecified atom stereocenters. The van der Waals surface area contributed by atoms with Crippen molar-refractivity contribution in [1.29, 1.82) is 5.26 Å². The van der Waals surface area contributed by atoms with E-state index in [9.17, 15) is 0 Å². The van der Waals surface area contributed by atoms with Crippen molar-refractivity contribution in [2.24, 2.45) is 0 Å². The van der Waals surface area contributed by atoms with Crippen LogP contribution in [-0.2, 0) is 11.3 Å². The molecule has 1 atom stereocenters. The average molecular weight is 216 g/mol. The highest BCUT2D eigenvalue weighted by Gasteiger charge is 2.17. The maximum absolute atomic E-state index is 8.90. The lowest BCUT2D eigenvalue weighted by Crippen LogP contribution is -2.30. The van der Waals surface area contributed by atoms with Gasteiger partial charge in [0.2, 0.25) is 0 Å². The van der Waals surface area contributed by atoms with Crippen LogP contribution in [0.5, 0.6) is 0 Å². The van der Waals surface area contributed by atoms with Crippen molar-refractivity contribution < 1.29 is 4.74 Å². The van der Waals surface area contributed by atoms with E-state index in [4.69, 9.17) is 10.00 Å². The van der Waals surface area contributed by atoms with E-state index in [1.165, 1.54) is 5.56 Å². The van der Waals surface area contributed by atoms with Crippen LogP contribution in [0.1, 0.15) is 12.0 Å². The quantitative estimate of drug-likeness (QED) is 0.756. The number of nitrogens with zero attached hydrogens (tertiary/aromatic N) is 2. The predicted molar refractivity (Wildman–Crippen MR) is 61.7 cm³/mol. The molecule has 0 N–H and O–H groups in total. The fourth-order valence-electron chi connectivity index (χ4n) is 1.96. The molecule has 1 aromatic carbocycles. The summed E-state index contributed by atoms with van der Waals surface area (Å²) in [7, 11) is 0. The molecule has 16 heavy (non-hydrogen) atoms. The van der Waals surface area contributed by atoms with E-state index in [1.54, 1.807) is 0 Å². The van der Waals surface area contributed by atoms with Crippen LogP contribution >= 0.6 is 0 Å². The predicted octanol–water partition coefficient (Wildman–Crippen LogP) is 1.80. The molecule has 0 spiro atoms. The molecule has 0 bridgehead atoms. The highest BCUT2D eigenvalue weighted by Crippen LogP contribution is 2.10. The number of ether oxygens (including phenoxy) is 1. The molecular weight excluding hydrogens is 200 g/mol. The van der Waals surface area contributed by atoms with Gasteiger partial charge in [-0.05, 0) is 12.0 Å². The first kappa shape index (κ1) is 11.1. The molecule has 1 aliphatic rings. The topological polar surface area (TPSA) is 36.3 Å². The van der Waals surface area contributed by atoms with Gasteiger partial charge in [-0.25, -0.2) is 0 Å². The van der Waals surface area contributed by atoms with Gasteiger partial charge in [-0.3, -0.25) is 4.90 Å². The van der Waals surface area contributed by atoms with Crippen molar-refractivity contribution in [3.05, 3.63) is 35.9 Å². The third-order valence-electron chi connectivity index (χ3n) is 2.75. The van der Waals surface area contributed by atoms with Crippen LogP contribution in [-0.4, -0.2) is 30.7 Å². The van der Waals surface area contributed by atoms with Crippen LogP contribution in [0.15, 0.2) is 30.3 Å². The molecular formula is C13H16N2O. The Morgan fingerprint density at radius 2 is 2.19 bits per heavy atom. The zero-order valence-electron chi connectivity index (χ0n) is 9.30. The fraction of sp³-hybridized carbons (Fsp3) is 0.462. The average Bonchev–Trinajstić information content (AvgIpc) is 2.55. The summed E-state index contributed by atoms with van der Waals surface area (Å²) in [6.45, 7) is 3.32. The molecule has 0 saturated carbocycles. The second-order valence-corrected chi connectivity index (χ2v) is 4.06. The Hall–Kier alpha value is -1.37. The number of hydrogen-bond acceptors (Lipinski definition) is 3. The van der Waals surface area contributed by atoms with Gasteiger partial charge in [-0.1, -0.05) is 30.3 Å². The molecule has 0 aromatic heterocycles. The first-order valence-electron chi connectivity index (χ1n) is 5.66. The lowest BCUT2D eigenvalue weighted by atomic mass is 10.2. The van der Waals surface area contributed by atoms with E-state index >= 15 is 0 Å². The van der Waals surface area contributed by atoms with Crippen molar-refractivity contribution in [2.75, 3.05) is 19.7 Å². The zero-order valence-corrected chi connectivity index (χ0v) is 9.30. The normalized spacial score (nSPS) is 22.3. The second-order valence-electron chi connectivity index (χ2n) is 4.06. The molecule has 1 heterocycles. The maximum atomic E-state index is 8.90. The molecule has 1 aliphatic heterocycles. The summed E-state index contributed by atoms with van der Waals surface area (Å²) in [6.07, 6.45) is 0.733. The van der Waals surface area contributed by atoms with E-state index in [1.807, 2.05) is 18.2 Å². The van der Waals surface area contributed by atoms with Crippen molar-refractivity contribution in [1.82, 2.24) is 4.90 Å². The summed E-state index contributed by atoms with van der Waals surface area (Å²) in [4.78, 5) is 2.29. The standard InChI is InChI=1S/C13H16N2O/c14-9-13-11-15(7-4-8-16-13)10-12-5-2-1-3-6-12/h1-3,5-6,13H,4,7-8,10-11H2/t13-/m0/s1. The van der Waals surface area contributed by atoms with Gasteiger partial charge in [-0.15, -0.1) is 0 Å². The Kier molecular flexibility index (Phi) is 3.92. The van der Waals surface area contributed by atoms with Crippen molar-refractivity contribution >= 4 is 0 Å². The lowest BCUT2D eigenvalue weighted by molar-refractivity contribution is 0.0914. The molecule has 1 fully saturated rings. The van der Waals surface area contributed by atoms with Gasteiger partial charge >= 0.3 is 0 Å². The van der Waals surface area contributed by atoms with Crippen LogP contribution in [0, 0.1) is 11.3 Å². The third-order valence-corrected chi connectivity index (χ3v) is 2.75. The molecule has 84 valence electrons. The smallest absolute Gasteiger partial charge is 0.156 e. The molecule has 3 heteroatoms. The molecule has 0 radical (unpaired) electrons. The van der Waals surface area contributed by atoms with E-state index in [0.717, 1.165) is 19.5 Å². The first-order chi connectivity index (χ1) is 7.88. The number of rotatable bonds is 2. The van der Waals surface area contributed by atoms with E-state index in [0.29, 0.717) is 13.2 Å². The third kappa shape index (κ3) is 3.06. The van der Waals surface area contributed by atoms with Crippen molar-refractivity contribution in [3.8, 4) is 6.07 Å². The lowest BCUT2D eigenvalue weighted by Gasteiger charge is -2.20. The first-order valence-corrected chi connectivity index (χ1v) is 5.66. The minimum absolute atomic E-state index is 0.272. The van der Waals surface area contributed by atoms with Gasteiger partial charge in [0.25, 0.3) is 0 Å². The van der Waals surface area contributed by atoms with Crippen molar-refractivity contribution in [3.63, 3.8) is 0 Å². The van der Waals surface area contributed by atoms with Gasteiger partial charge in [0.1, 0.15) is 0 Å². The summed E-state index contributed by atoms with van der Waals surface area (Å²) in [5, 5.41) is 8.90. The molecule has 0 aliphatic carbocycles. The van der Waals surface area contributed by atoms with Gasteiger partial charge in [0.05, 0.1) is 6.07 Å². The summed E-state index contributed by atoms with van der Waals surface area (Å²) in [5.74, 6) is 0.